The van der Waals surface area contributed by atoms with E-state index in [0.29, 0.717) is 23.5 Å². The van der Waals surface area contributed by atoms with Gasteiger partial charge in [0.2, 0.25) is 15.6 Å². The van der Waals surface area contributed by atoms with Gasteiger partial charge in [-0.3, -0.25) is 4.79 Å². The van der Waals surface area contributed by atoms with Crippen molar-refractivity contribution in [3.63, 3.8) is 0 Å². The second-order valence-corrected chi connectivity index (χ2v) is 7.07. The molecule has 0 aliphatic carbocycles. The Labute approximate surface area is 117 Å². The zero-order valence-electron chi connectivity index (χ0n) is 11.2. The number of benzene rings is 1. The first-order valence-corrected chi connectivity index (χ1v) is 8.06. The standard InChI is InChI=1S/C14H16N2O3S/c1-10-8-14(17)15-13-5-4-11(9-12(10)13)20(18,19)16-6-2-3-7-16/h4-5,8-9H,2-3,6-7H2,1H3,(H,15,17). The Kier molecular flexibility index (Phi) is 3.14. The fourth-order valence-electron chi connectivity index (χ4n) is 2.64. The van der Waals surface area contributed by atoms with Crippen molar-refractivity contribution in [2.45, 2.75) is 24.7 Å². The van der Waals surface area contributed by atoms with Crippen LogP contribution in [-0.4, -0.2) is 30.8 Å². The van der Waals surface area contributed by atoms with E-state index >= 15 is 0 Å². The van der Waals surface area contributed by atoms with Crippen molar-refractivity contribution in [3.05, 3.63) is 40.2 Å². The van der Waals surface area contributed by atoms with Crippen molar-refractivity contribution in [1.29, 1.82) is 0 Å². The molecule has 0 radical (unpaired) electrons. The summed E-state index contributed by atoms with van der Waals surface area (Å²) in [6.45, 7) is 2.99. The highest BCUT2D eigenvalue weighted by Gasteiger charge is 2.27. The van der Waals surface area contributed by atoms with Crippen molar-refractivity contribution < 1.29 is 8.42 Å². The van der Waals surface area contributed by atoms with Gasteiger partial charge in [-0.05, 0) is 43.5 Å². The summed E-state index contributed by atoms with van der Waals surface area (Å²) in [5, 5.41) is 0.768. The Hall–Kier alpha value is -1.66. The van der Waals surface area contributed by atoms with E-state index in [1.807, 2.05) is 6.92 Å². The molecule has 3 rings (SSSR count). The van der Waals surface area contributed by atoms with Crippen molar-refractivity contribution in [2.75, 3.05) is 13.1 Å². The number of aromatic nitrogens is 1. The summed E-state index contributed by atoms with van der Waals surface area (Å²) in [7, 11) is -3.42. The fourth-order valence-corrected chi connectivity index (χ4v) is 4.18. The van der Waals surface area contributed by atoms with E-state index < -0.39 is 10.0 Å². The Morgan fingerprint density at radius 2 is 1.85 bits per heavy atom. The van der Waals surface area contributed by atoms with Gasteiger partial charge in [-0.1, -0.05) is 0 Å². The number of nitrogens with zero attached hydrogens (tertiary/aromatic N) is 1. The highest BCUT2D eigenvalue weighted by atomic mass is 32.2. The number of H-pyrrole nitrogens is 1. The van der Waals surface area contributed by atoms with E-state index in [-0.39, 0.29) is 5.56 Å². The molecule has 0 saturated carbocycles. The van der Waals surface area contributed by atoms with Gasteiger partial charge in [-0.2, -0.15) is 4.31 Å². The minimum Gasteiger partial charge on any atom is -0.322 e. The number of rotatable bonds is 2. The lowest BCUT2D eigenvalue weighted by molar-refractivity contribution is 0.477. The lowest BCUT2D eigenvalue weighted by atomic mass is 10.1. The Balaban J connectivity index is 2.16. The van der Waals surface area contributed by atoms with E-state index in [1.165, 1.54) is 10.4 Å². The third kappa shape index (κ3) is 2.14. The van der Waals surface area contributed by atoms with Crippen LogP contribution in [0, 0.1) is 6.92 Å². The van der Waals surface area contributed by atoms with Crippen LogP contribution in [0.25, 0.3) is 10.9 Å². The van der Waals surface area contributed by atoms with Crippen LogP contribution in [-0.2, 0) is 10.0 Å². The van der Waals surface area contributed by atoms with Crippen LogP contribution in [0.15, 0.2) is 34.0 Å². The van der Waals surface area contributed by atoms with Crippen molar-refractivity contribution in [3.8, 4) is 0 Å². The Morgan fingerprint density at radius 3 is 2.55 bits per heavy atom. The van der Waals surface area contributed by atoms with E-state index in [9.17, 15) is 13.2 Å². The van der Waals surface area contributed by atoms with Crippen molar-refractivity contribution in [2.24, 2.45) is 0 Å². The maximum Gasteiger partial charge on any atom is 0.248 e. The van der Waals surface area contributed by atoms with Crippen LogP contribution in [0.4, 0.5) is 0 Å². The lowest BCUT2D eigenvalue weighted by Crippen LogP contribution is -2.27. The number of aromatic amines is 1. The molecule has 1 aliphatic heterocycles. The smallest absolute Gasteiger partial charge is 0.248 e. The average Bonchev–Trinajstić information content (AvgIpc) is 2.92. The number of aryl methyl sites for hydroxylation is 1. The molecule has 1 aromatic heterocycles. The summed E-state index contributed by atoms with van der Waals surface area (Å²) in [5.74, 6) is 0. The molecule has 1 saturated heterocycles. The van der Waals surface area contributed by atoms with Crippen LogP contribution in [0.1, 0.15) is 18.4 Å². The predicted octanol–water partition coefficient (Wildman–Crippen LogP) is 1.62. The van der Waals surface area contributed by atoms with Gasteiger partial charge in [0.1, 0.15) is 0 Å². The fraction of sp³-hybridized carbons (Fsp3) is 0.357. The number of hydrogen-bond acceptors (Lipinski definition) is 3. The highest BCUT2D eigenvalue weighted by Crippen LogP contribution is 2.24. The third-order valence-corrected chi connectivity index (χ3v) is 5.62. The third-order valence-electron chi connectivity index (χ3n) is 3.72. The molecule has 20 heavy (non-hydrogen) atoms. The molecular formula is C14H16N2O3S. The van der Waals surface area contributed by atoms with E-state index in [4.69, 9.17) is 0 Å². The molecule has 2 aromatic rings. The highest BCUT2D eigenvalue weighted by molar-refractivity contribution is 7.89. The van der Waals surface area contributed by atoms with Gasteiger partial charge in [-0.25, -0.2) is 8.42 Å². The first kappa shape index (κ1) is 13.3. The van der Waals surface area contributed by atoms with Crippen LogP contribution in [0.5, 0.6) is 0 Å². The van der Waals surface area contributed by atoms with Crippen LogP contribution in [0.3, 0.4) is 0 Å². The van der Waals surface area contributed by atoms with Gasteiger partial charge < -0.3 is 4.98 Å². The molecule has 5 nitrogen and oxygen atoms in total. The molecule has 6 heteroatoms. The molecule has 0 amide bonds. The maximum absolute atomic E-state index is 12.5. The molecule has 1 fully saturated rings. The summed E-state index contributed by atoms with van der Waals surface area (Å²) in [6.07, 6.45) is 1.83. The van der Waals surface area contributed by atoms with Gasteiger partial charge in [0.25, 0.3) is 0 Å². The van der Waals surface area contributed by atoms with Crippen LogP contribution in [0.2, 0.25) is 0 Å². The molecule has 1 aliphatic rings. The summed E-state index contributed by atoms with van der Waals surface area (Å²) in [6, 6.07) is 6.35. The zero-order valence-corrected chi connectivity index (χ0v) is 12.0. The summed E-state index contributed by atoms with van der Waals surface area (Å²) >= 11 is 0. The molecule has 0 spiro atoms. The number of hydrogen-bond donors (Lipinski definition) is 1. The summed E-state index contributed by atoms with van der Waals surface area (Å²) in [5.41, 5.74) is 1.27. The molecule has 1 aromatic carbocycles. The quantitative estimate of drug-likeness (QED) is 0.914. The van der Waals surface area contributed by atoms with Gasteiger partial charge in [-0.15, -0.1) is 0 Å². The van der Waals surface area contributed by atoms with E-state index in [1.54, 1.807) is 18.2 Å². The summed E-state index contributed by atoms with van der Waals surface area (Å²) < 4.78 is 26.5. The van der Waals surface area contributed by atoms with Gasteiger partial charge in [0.05, 0.1) is 4.90 Å². The van der Waals surface area contributed by atoms with Gasteiger partial charge in [0, 0.05) is 30.1 Å². The summed E-state index contributed by atoms with van der Waals surface area (Å²) in [4.78, 5) is 14.4. The molecule has 106 valence electrons. The topological polar surface area (TPSA) is 70.2 Å². The molecular weight excluding hydrogens is 276 g/mol. The predicted molar refractivity (Wildman–Crippen MR) is 77.3 cm³/mol. The first-order valence-electron chi connectivity index (χ1n) is 6.62. The van der Waals surface area contributed by atoms with E-state index in [2.05, 4.69) is 4.98 Å². The molecule has 2 heterocycles. The van der Waals surface area contributed by atoms with Crippen LogP contribution >= 0.6 is 0 Å². The average molecular weight is 292 g/mol. The van der Waals surface area contributed by atoms with Crippen molar-refractivity contribution in [1.82, 2.24) is 9.29 Å². The normalized spacial score (nSPS) is 16.9. The van der Waals surface area contributed by atoms with Gasteiger partial charge in [0.15, 0.2) is 0 Å². The molecule has 0 unspecified atom stereocenters. The number of nitrogens with one attached hydrogen (secondary N) is 1. The lowest BCUT2D eigenvalue weighted by Gasteiger charge is -2.16. The zero-order chi connectivity index (χ0) is 14.3. The Morgan fingerprint density at radius 1 is 1.15 bits per heavy atom. The maximum atomic E-state index is 12.5. The minimum absolute atomic E-state index is 0.176. The number of sulfonamides is 1. The molecule has 0 atom stereocenters. The van der Waals surface area contributed by atoms with Crippen LogP contribution < -0.4 is 5.56 Å². The molecule has 0 bridgehead atoms. The second-order valence-electron chi connectivity index (χ2n) is 5.14. The minimum atomic E-state index is -3.42. The van der Waals surface area contributed by atoms with Gasteiger partial charge >= 0.3 is 0 Å². The first-order chi connectivity index (χ1) is 9.48. The second kappa shape index (κ2) is 4.71. The monoisotopic (exact) mass is 292 g/mol. The number of fused-ring (bicyclic) bond motifs is 1. The Bertz CT molecular complexity index is 818. The van der Waals surface area contributed by atoms with E-state index in [0.717, 1.165) is 23.8 Å². The van der Waals surface area contributed by atoms with Crippen molar-refractivity contribution >= 4 is 20.9 Å². The largest absolute Gasteiger partial charge is 0.322 e. The molecule has 1 N–H and O–H groups in total. The number of pyridine rings is 1. The SMILES string of the molecule is Cc1cc(=O)[nH]c2ccc(S(=O)(=O)N3CCCC3)cc12.